The van der Waals surface area contributed by atoms with Crippen LogP contribution < -0.4 is 5.32 Å². The summed E-state index contributed by atoms with van der Waals surface area (Å²) in [6, 6.07) is 0. The van der Waals surface area contributed by atoms with E-state index >= 15 is 0 Å². The van der Waals surface area contributed by atoms with E-state index in [0.717, 1.165) is 19.3 Å². The van der Waals surface area contributed by atoms with Gasteiger partial charge < -0.3 is 15.2 Å². The fourth-order valence-corrected chi connectivity index (χ4v) is 3.27. The predicted molar refractivity (Wildman–Crippen MR) is 64.5 cm³/mol. The number of rotatable bonds is 3. The lowest BCUT2D eigenvalue weighted by atomic mass is 9.60. The summed E-state index contributed by atoms with van der Waals surface area (Å²) in [6.07, 6.45) is 3.58. The first-order chi connectivity index (χ1) is 8.04. The number of carbonyl (C=O) groups is 1. The zero-order chi connectivity index (χ0) is 12.5. The van der Waals surface area contributed by atoms with Gasteiger partial charge in [-0.3, -0.25) is 4.79 Å². The van der Waals surface area contributed by atoms with E-state index in [2.05, 4.69) is 12.2 Å². The number of esters is 1. The molecule has 1 aliphatic carbocycles. The van der Waals surface area contributed by atoms with Crippen molar-refractivity contribution >= 4 is 5.97 Å². The fraction of sp³-hybridized carbons (Fsp3) is 0.923. The summed E-state index contributed by atoms with van der Waals surface area (Å²) in [5.41, 5.74) is -1.57. The normalized spacial score (nSPS) is 36.1. The van der Waals surface area contributed by atoms with Gasteiger partial charge in [-0.05, 0) is 25.7 Å². The number of hydrogen-bond donors (Lipinski definition) is 2. The highest BCUT2D eigenvalue weighted by Gasteiger charge is 2.61. The number of carbonyl (C=O) groups excluding carboxylic acids is 1. The van der Waals surface area contributed by atoms with Crippen molar-refractivity contribution in [1.29, 1.82) is 0 Å². The Morgan fingerprint density at radius 2 is 2.24 bits per heavy atom. The van der Waals surface area contributed by atoms with E-state index in [1.807, 2.05) is 6.92 Å². The molecule has 0 aromatic rings. The fourth-order valence-electron chi connectivity index (χ4n) is 3.27. The molecule has 1 saturated carbocycles. The second kappa shape index (κ2) is 4.58. The van der Waals surface area contributed by atoms with Gasteiger partial charge >= 0.3 is 5.97 Å². The smallest absolute Gasteiger partial charge is 0.317 e. The van der Waals surface area contributed by atoms with E-state index in [-0.39, 0.29) is 5.97 Å². The largest absolute Gasteiger partial charge is 0.465 e. The third kappa shape index (κ3) is 1.97. The lowest BCUT2D eigenvalue weighted by Crippen LogP contribution is -2.71. The third-order valence-electron chi connectivity index (χ3n) is 4.38. The van der Waals surface area contributed by atoms with Crippen LogP contribution in [0.3, 0.4) is 0 Å². The molecule has 2 fully saturated rings. The van der Waals surface area contributed by atoms with E-state index in [1.54, 1.807) is 0 Å². The second-order valence-corrected chi connectivity index (χ2v) is 5.64. The molecule has 0 bridgehead atoms. The van der Waals surface area contributed by atoms with Crippen molar-refractivity contribution in [3.8, 4) is 0 Å². The molecule has 0 amide bonds. The maximum Gasteiger partial charge on any atom is 0.317 e. The second-order valence-electron chi connectivity index (χ2n) is 5.64. The first-order valence-corrected chi connectivity index (χ1v) is 6.64. The average Bonchev–Trinajstić information content (AvgIpc) is 2.14. The summed E-state index contributed by atoms with van der Waals surface area (Å²) < 4.78 is 5.16. The molecular weight excluding hydrogens is 218 g/mol. The molecule has 2 aliphatic rings. The van der Waals surface area contributed by atoms with Gasteiger partial charge in [0.2, 0.25) is 0 Å². The highest BCUT2D eigenvalue weighted by atomic mass is 16.5. The molecule has 2 rings (SSSR count). The number of aliphatic hydroxyl groups is 1. The molecular formula is C13H23NO3. The SMILES string of the molecule is CCOC(=O)C1(C2(O)CCCC(C)C2)CNC1. The van der Waals surface area contributed by atoms with Gasteiger partial charge in [-0.25, -0.2) is 0 Å². The van der Waals surface area contributed by atoms with Crippen LogP contribution >= 0.6 is 0 Å². The van der Waals surface area contributed by atoms with Crippen molar-refractivity contribution in [2.45, 2.75) is 45.1 Å². The van der Waals surface area contributed by atoms with E-state index in [4.69, 9.17) is 4.74 Å². The standard InChI is InChI=1S/C13H23NO3/c1-3-17-11(15)12(8-14-9-12)13(16)6-4-5-10(2)7-13/h10,14,16H,3-9H2,1-2H3. The Kier molecular flexibility index (Phi) is 3.46. The Morgan fingerprint density at radius 3 is 2.71 bits per heavy atom. The van der Waals surface area contributed by atoms with Crippen LogP contribution in [0.1, 0.15) is 39.5 Å². The van der Waals surface area contributed by atoms with E-state index in [0.29, 0.717) is 32.0 Å². The quantitative estimate of drug-likeness (QED) is 0.726. The van der Waals surface area contributed by atoms with Gasteiger partial charge in [-0.2, -0.15) is 0 Å². The molecule has 2 N–H and O–H groups in total. The maximum absolute atomic E-state index is 12.1. The van der Waals surface area contributed by atoms with Crippen molar-refractivity contribution in [3.05, 3.63) is 0 Å². The Bertz CT molecular complexity index is 301. The predicted octanol–water partition coefficient (Wildman–Crippen LogP) is 1.08. The van der Waals surface area contributed by atoms with Gasteiger partial charge in [0.05, 0.1) is 12.2 Å². The van der Waals surface area contributed by atoms with Crippen molar-refractivity contribution < 1.29 is 14.6 Å². The molecule has 17 heavy (non-hydrogen) atoms. The molecule has 2 atom stereocenters. The topological polar surface area (TPSA) is 58.6 Å². The van der Waals surface area contributed by atoms with Crippen LogP contribution in [-0.4, -0.2) is 36.4 Å². The van der Waals surface area contributed by atoms with Crippen molar-refractivity contribution in [1.82, 2.24) is 5.32 Å². The van der Waals surface area contributed by atoms with Crippen LogP contribution in [-0.2, 0) is 9.53 Å². The Morgan fingerprint density at radius 1 is 1.53 bits per heavy atom. The average molecular weight is 241 g/mol. The van der Waals surface area contributed by atoms with E-state index in [1.165, 1.54) is 0 Å². The van der Waals surface area contributed by atoms with Crippen molar-refractivity contribution in [2.24, 2.45) is 11.3 Å². The number of ether oxygens (including phenoxy) is 1. The number of nitrogens with one attached hydrogen (secondary N) is 1. The van der Waals surface area contributed by atoms with Gasteiger partial charge in [0, 0.05) is 13.1 Å². The summed E-state index contributed by atoms with van der Waals surface area (Å²) in [7, 11) is 0. The molecule has 0 spiro atoms. The third-order valence-corrected chi connectivity index (χ3v) is 4.38. The molecule has 0 radical (unpaired) electrons. The first-order valence-electron chi connectivity index (χ1n) is 6.64. The Labute approximate surface area is 103 Å². The minimum absolute atomic E-state index is 0.227. The van der Waals surface area contributed by atoms with Crippen LogP contribution in [0.2, 0.25) is 0 Å². The highest BCUT2D eigenvalue weighted by Crippen LogP contribution is 2.47. The monoisotopic (exact) mass is 241 g/mol. The molecule has 98 valence electrons. The van der Waals surface area contributed by atoms with Crippen LogP contribution in [0, 0.1) is 11.3 Å². The van der Waals surface area contributed by atoms with Gasteiger partial charge in [-0.1, -0.05) is 19.8 Å². The van der Waals surface area contributed by atoms with Crippen LogP contribution in [0.5, 0.6) is 0 Å². The highest BCUT2D eigenvalue weighted by molar-refractivity contribution is 5.80. The summed E-state index contributed by atoms with van der Waals surface area (Å²) in [5, 5.41) is 14.0. The molecule has 4 heteroatoms. The van der Waals surface area contributed by atoms with E-state index in [9.17, 15) is 9.90 Å². The lowest BCUT2D eigenvalue weighted by molar-refractivity contribution is -0.192. The van der Waals surface area contributed by atoms with Gasteiger partial charge in [-0.15, -0.1) is 0 Å². The maximum atomic E-state index is 12.1. The lowest BCUT2D eigenvalue weighted by Gasteiger charge is -2.53. The zero-order valence-electron chi connectivity index (χ0n) is 10.8. The van der Waals surface area contributed by atoms with Gasteiger partial charge in [0.25, 0.3) is 0 Å². The molecule has 0 aromatic carbocycles. The minimum Gasteiger partial charge on any atom is -0.465 e. The summed E-state index contributed by atoms with van der Waals surface area (Å²) in [6.45, 7) is 5.44. The Balaban J connectivity index is 2.18. The Hall–Kier alpha value is -0.610. The summed E-state index contributed by atoms with van der Waals surface area (Å²) in [4.78, 5) is 12.1. The summed E-state index contributed by atoms with van der Waals surface area (Å²) >= 11 is 0. The van der Waals surface area contributed by atoms with Crippen molar-refractivity contribution in [3.63, 3.8) is 0 Å². The molecule has 4 nitrogen and oxygen atoms in total. The molecule has 1 heterocycles. The summed E-state index contributed by atoms with van der Waals surface area (Å²) in [5.74, 6) is 0.260. The van der Waals surface area contributed by atoms with Crippen LogP contribution in [0.4, 0.5) is 0 Å². The molecule has 1 saturated heterocycles. The molecule has 2 unspecified atom stereocenters. The first kappa shape index (κ1) is 12.8. The molecule has 1 aliphatic heterocycles. The van der Waals surface area contributed by atoms with Crippen LogP contribution in [0.15, 0.2) is 0 Å². The van der Waals surface area contributed by atoms with Gasteiger partial charge in [0.15, 0.2) is 0 Å². The minimum atomic E-state index is -0.873. The molecule has 0 aromatic heterocycles. The van der Waals surface area contributed by atoms with Gasteiger partial charge in [0.1, 0.15) is 5.41 Å². The zero-order valence-corrected chi connectivity index (χ0v) is 10.8. The van der Waals surface area contributed by atoms with E-state index < -0.39 is 11.0 Å². The van der Waals surface area contributed by atoms with Crippen LogP contribution in [0.25, 0.3) is 0 Å². The van der Waals surface area contributed by atoms with Crippen molar-refractivity contribution in [2.75, 3.05) is 19.7 Å². The number of hydrogen-bond acceptors (Lipinski definition) is 4.